The van der Waals surface area contributed by atoms with Gasteiger partial charge < -0.3 is 10.3 Å². The molecule has 158 valence electrons. The third kappa shape index (κ3) is 3.75. The summed E-state index contributed by atoms with van der Waals surface area (Å²) in [6, 6.07) is 12.5. The number of rotatable bonds is 5. The second-order valence-electron chi connectivity index (χ2n) is 8.27. The first-order chi connectivity index (χ1) is 14.3. The molecule has 0 saturated carbocycles. The predicted molar refractivity (Wildman–Crippen MR) is 118 cm³/mol. The van der Waals surface area contributed by atoms with Crippen molar-refractivity contribution in [2.45, 2.75) is 37.6 Å². The lowest BCUT2D eigenvalue weighted by atomic mass is 9.87. The molecule has 1 aliphatic rings. The molecule has 0 aliphatic heterocycles. The molecule has 1 aliphatic carbocycles. The number of aromatic nitrogens is 1. The molecule has 0 unspecified atom stereocenters. The van der Waals surface area contributed by atoms with Gasteiger partial charge in [0, 0.05) is 42.8 Å². The van der Waals surface area contributed by atoms with E-state index in [1.807, 2.05) is 18.2 Å². The van der Waals surface area contributed by atoms with Gasteiger partial charge in [0.15, 0.2) is 0 Å². The van der Waals surface area contributed by atoms with Gasteiger partial charge in [0.2, 0.25) is 10.0 Å². The third-order valence-corrected chi connectivity index (χ3v) is 7.78. The first-order valence-corrected chi connectivity index (χ1v) is 11.6. The number of nitrogens with zero attached hydrogens (tertiary/aromatic N) is 1. The van der Waals surface area contributed by atoms with Crippen LogP contribution in [0.25, 0.3) is 10.9 Å². The van der Waals surface area contributed by atoms with Crippen molar-refractivity contribution in [1.29, 1.82) is 0 Å². The standard InChI is InChI=1S/C23H27N3O3S/c1-15-8-10-20-18(12-15)19-13-16(9-11-21(19)25-20)23(27)24-14-17-6-4-5-7-22(17)30(28,29)26(2)3/h4-7,9,11,13,15,25H,8,10,12,14H2,1-3H3,(H,24,27)/t15-/m0/s1. The zero-order chi connectivity index (χ0) is 21.5. The van der Waals surface area contributed by atoms with Crippen LogP contribution in [0.2, 0.25) is 0 Å². The topological polar surface area (TPSA) is 82.3 Å². The van der Waals surface area contributed by atoms with Crippen LogP contribution in [-0.4, -0.2) is 37.7 Å². The molecule has 0 spiro atoms. The number of amides is 1. The van der Waals surface area contributed by atoms with E-state index in [1.54, 1.807) is 24.3 Å². The fourth-order valence-corrected chi connectivity index (χ4v) is 5.22. The Balaban J connectivity index is 1.57. The SMILES string of the molecule is C[C@H]1CCc2[nH]c3ccc(C(=O)NCc4ccccc4S(=O)(=O)N(C)C)cc3c2C1. The van der Waals surface area contributed by atoms with Crippen LogP contribution in [0, 0.1) is 5.92 Å². The van der Waals surface area contributed by atoms with Crippen LogP contribution in [-0.2, 0) is 29.4 Å². The molecular weight excluding hydrogens is 398 g/mol. The van der Waals surface area contributed by atoms with E-state index in [0.29, 0.717) is 17.0 Å². The summed E-state index contributed by atoms with van der Waals surface area (Å²) in [5.41, 5.74) is 4.81. The van der Waals surface area contributed by atoms with Crippen LogP contribution in [0.1, 0.15) is 40.5 Å². The van der Waals surface area contributed by atoms with Gasteiger partial charge in [-0.25, -0.2) is 12.7 Å². The maximum absolute atomic E-state index is 12.8. The lowest BCUT2D eigenvalue weighted by molar-refractivity contribution is 0.0950. The Kier molecular flexibility index (Phi) is 5.42. The summed E-state index contributed by atoms with van der Waals surface area (Å²) >= 11 is 0. The van der Waals surface area contributed by atoms with E-state index in [1.165, 1.54) is 36.1 Å². The minimum absolute atomic E-state index is 0.141. The summed E-state index contributed by atoms with van der Waals surface area (Å²) in [7, 11) is -0.582. The van der Waals surface area contributed by atoms with E-state index in [-0.39, 0.29) is 17.3 Å². The van der Waals surface area contributed by atoms with Gasteiger partial charge in [0.1, 0.15) is 0 Å². The smallest absolute Gasteiger partial charge is 0.251 e. The third-order valence-electron chi connectivity index (χ3n) is 5.87. The Morgan fingerprint density at radius 3 is 2.73 bits per heavy atom. The average Bonchev–Trinajstić information content (AvgIpc) is 3.09. The van der Waals surface area contributed by atoms with Gasteiger partial charge in [-0.05, 0) is 60.6 Å². The molecule has 1 heterocycles. The van der Waals surface area contributed by atoms with Crippen LogP contribution >= 0.6 is 0 Å². The van der Waals surface area contributed by atoms with Gasteiger partial charge in [-0.15, -0.1) is 0 Å². The number of benzene rings is 2. The van der Waals surface area contributed by atoms with Crippen molar-refractivity contribution in [3.05, 3.63) is 64.8 Å². The molecule has 0 bridgehead atoms. The molecule has 30 heavy (non-hydrogen) atoms. The highest BCUT2D eigenvalue weighted by molar-refractivity contribution is 7.89. The van der Waals surface area contributed by atoms with Crippen LogP contribution in [0.4, 0.5) is 0 Å². The summed E-state index contributed by atoms with van der Waals surface area (Å²) in [4.78, 5) is 16.5. The average molecular weight is 426 g/mol. The van der Waals surface area contributed by atoms with Crippen molar-refractivity contribution in [1.82, 2.24) is 14.6 Å². The fraction of sp³-hybridized carbons (Fsp3) is 0.348. The molecule has 0 radical (unpaired) electrons. The zero-order valence-electron chi connectivity index (χ0n) is 17.5. The highest BCUT2D eigenvalue weighted by Gasteiger charge is 2.22. The molecule has 1 atom stereocenters. The van der Waals surface area contributed by atoms with Crippen molar-refractivity contribution in [3.63, 3.8) is 0 Å². The molecule has 6 nitrogen and oxygen atoms in total. The number of carbonyl (C=O) groups excluding carboxylic acids is 1. The van der Waals surface area contributed by atoms with Crippen molar-refractivity contribution in [2.24, 2.45) is 5.92 Å². The minimum Gasteiger partial charge on any atom is -0.358 e. The van der Waals surface area contributed by atoms with Gasteiger partial charge in [-0.3, -0.25) is 4.79 Å². The molecule has 1 aromatic heterocycles. The van der Waals surface area contributed by atoms with Gasteiger partial charge in [-0.1, -0.05) is 25.1 Å². The van der Waals surface area contributed by atoms with Gasteiger partial charge in [-0.2, -0.15) is 0 Å². The summed E-state index contributed by atoms with van der Waals surface area (Å²) in [5.74, 6) is 0.428. The van der Waals surface area contributed by atoms with E-state index in [2.05, 4.69) is 17.2 Å². The molecule has 2 N–H and O–H groups in total. The second-order valence-corrected chi connectivity index (χ2v) is 10.4. The number of hydrogen-bond acceptors (Lipinski definition) is 3. The number of carbonyl (C=O) groups is 1. The van der Waals surface area contributed by atoms with E-state index in [4.69, 9.17) is 0 Å². The van der Waals surface area contributed by atoms with Gasteiger partial charge in [0.05, 0.1) is 4.90 Å². The molecule has 0 saturated heterocycles. The molecular formula is C23H27N3O3S. The number of hydrogen-bond donors (Lipinski definition) is 2. The van der Waals surface area contributed by atoms with E-state index >= 15 is 0 Å². The minimum atomic E-state index is -3.58. The number of fused-ring (bicyclic) bond motifs is 3. The monoisotopic (exact) mass is 425 g/mol. The van der Waals surface area contributed by atoms with Crippen LogP contribution in [0.3, 0.4) is 0 Å². The van der Waals surface area contributed by atoms with Crippen LogP contribution in [0.15, 0.2) is 47.4 Å². The Morgan fingerprint density at radius 2 is 1.97 bits per heavy atom. The van der Waals surface area contributed by atoms with Crippen molar-refractivity contribution < 1.29 is 13.2 Å². The highest BCUT2D eigenvalue weighted by atomic mass is 32.2. The summed E-state index contributed by atoms with van der Waals surface area (Å²) < 4.78 is 26.3. The Morgan fingerprint density at radius 1 is 1.20 bits per heavy atom. The van der Waals surface area contributed by atoms with Crippen LogP contribution in [0.5, 0.6) is 0 Å². The van der Waals surface area contributed by atoms with E-state index in [9.17, 15) is 13.2 Å². The first kappa shape index (κ1) is 20.6. The van der Waals surface area contributed by atoms with Crippen molar-refractivity contribution in [3.8, 4) is 0 Å². The number of nitrogens with one attached hydrogen (secondary N) is 2. The Bertz CT molecular complexity index is 1210. The predicted octanol–water partition coefficient (Wildman–Crippen LogP) is 3.47. The summed E-state index contributed by atoms with van der Waals surface area (Å²) in [5, 5.41) is 3.99. The fourth-order valence-electron chi connectivity index (χ4n) is 4.11. The Labute approximate surface area is 177 Å². The molecule has 3 aromatic rings. The maximum atomic E-state index is 12.8. The molecule has 0 fully saturated rings. The first-order valence-electron chi connectivity index (χ1n) is 10.2. The second kappa shape index (κ2) is 7.89. The highest BCUT2D eigenvalue weighted by Crippen LogP contribution is 2.32. The lowest BCUT2D eigenvalue weighted by Gasteiger charge is -2.18. The molecule has 7 heteroatoms. The normalized spacial score (nSPS) is 16.6. The zero-order valence-corrected chi connectivity index (χ0v) is 18.3. The number of aryl methyl sites for hydroxylation is 1. The number of H-pyrrole nitrogens is 1. The Hall–Kier alpha value is -2.64. The van der Waals surface area contributed by atoms with Gasteiger partial charge in [0.25, 0.3) is 5.91 Å². The summed E-state index contributed by atoms with van der Waals surface area (Å²) in [6.45, 7) is 2.40. The number of aromatic amines is 1. The van der Waals surface area contributed by atoms with Crippen molar-refractivity contribution in [2.75, 3.05) is 14.1 Å². The maximum Gasteiger partial charge on any atom is 0.251 e. The summed E-state index contributed by atoms with van der Waals surface area (Å²) in [6.07, 6.45) is 3.25. The molecule has 1 amide bonds. The van der Waals surface area contributed by atoms with Gasteiger partial charge >= 0.3 is 0 Å². The quantitative estimate of drug-likeness (QED) is 0.657. The van der Waals surface area contributed by atoms with Crippen LogP contribution < -0.4 is 5.32 Å². The molecule has 4 rings (SSSR count). The molecule has 2 aromatic carbocycles. The largest absolute Gasteiger partial charge is 0.358 e. The number of sulfonamides is 1. The van der Waals surface area contributed by atoms with E-state index < -0.39 is 10.0 Å². The van der Waals surface area contributed by atoms with Crippen molar-refractivity contribution >= 4 is 26.8 Å². The van der Waals surface area contributed by atoms with E-state index in [0.717, 1.165) is 23.7 Å². The lowest BCUT2D eigenvalue weighted by Crippen LogP contribution is -2.27.